The molecule has 0 aromatic carbocycles. The highest BCUT2D eigenvalue weighted by molar-refractivity contribution is 5.46. The molecule has 0 aromatic heterocycles. The standard InChI is InChI=1S/C5H12N2O.C4H10/c1-6-3-4-7(2)5-8;1-4(2)3/h5-6H,3-4H2,1-2H3;4H,1-3H3. The van der Waals surface area contributed by atoms with E-state index < -0.39 is 0 Å². The molecule has 0 rings (SSSR count). The number of carbonyl (C=O) groups is 1. The number of carbonyl (C=O) groups excluding carboxylic acids is 1. The van der Waals surface area contributed by atoms with Crippen molar-refractivity contribution in [1.82, 2.24) is 10.2 Å². The van der Waals surface area contributed by atoms with Crippen LogP contribution < -0.4 is 5.32 Å². The third kappa shape index (κ3) is 22.7. The first-order chi connectivity index (χ1) is 5.54. The second-order valence-electron chi connectivity index (χ2n) is 3.42. The van der Waals surface area contributed by atoms with Crippen LogP contribution in [0.1, 0.15) is 20.8 Å². The van der Waals surface area contributed by atoms with Crippen molar-refractivity contribution in [1.29, 1.82) is 0 Å². The van der Waals surface area contributed by atoms with E-state index in [0.717, 1.165) is 25.4 Å². The minimum absolute atomic E-state index is 0.778. The number of amides is 1. The number of hydrogen-bond donors (Lipinski definition) is 1. The van der Waals surface area contributed by atoms with Crippen LogP contribution in [0.15, 0.2) is 0 Å². The zero-order valence-corrected chi connectivity index (χ0v) is 8.92. The van der Waals surface area contributed by atoms with Crippen molar-refractivity contribution < 1.29 is 4.79 Å². The Morgan fingerprint density at radius 1 is 1.42 bits per heavy atom. The molecule has 0 unspecified atom stereocenters. The molecule has 3 nitrogen and oxygen atoms in total. The quantitative estimate of drug-likeness (QED) is 0.644. The average molecular weight is 174 g/mol. The van der Waals surface area contributed by atoms with E-state index in [-0.39, 0.29) is 0 Å². The van der Waals surface area contributed by atoms with E-state index in [1.54, 1.807) is 11.9 Å². The molecule has 0 saturated heterocycles. The summed E-state index contributed by atoms with van der Waals surface area (Å²) in [5.74, 6) is 0.833. The van der Waals surface area contributed by atoms with E-state index >= 15 is 0 Å². The first-order valence-corrected chi connectivity index (χ1v) is 4.34. The zero-order chi connectivity index (χ0) is 9.98. The van der Waals surface area contributed by atoms with Gasteiger partial charge < -0.3 is 10.2 Å². The van der Waals surface area contributed by atoms with Crippen LogP contribution in [0.5, 0.6) is 0 Å². The predicted octanol–water partition coefficient (Wildman–Crippen LogP) is 0.956. The molecule has 0 fully saturated rings. The van der Waals surface area contributed by atoms with Gasteiger partial charge >= 0.3 is 0 Å². The van der Waals surface area contributed by atoms with E-state index in [1.807, 2.05) is 7.05 Å². The minimum Gasteiger partial charge on any atom is -0.347 e. The predicted molar refractivity (Wildman–Crippen MR) is 53.1 cm³/mol. The fourth-order valence-corrected chi connectivity index (χ4v) is 0.341. The number of hydrogen-bond acceptors (Lipinski definition) is 2. The Morgan fingerprint density at radius 2 is 1.83 bits per heavy atom. The van der Waals surface area contributed by atoms with E-state index in [2.05, 4.69) is 26.1 Å². The molecular weight excluding hydrogens is 152 g/mol. The third-order valence-corrected chi connectivity index (χ3v) is 0.894. The lowest BCUT2D eigenvalue weighted by Gasteiger charge is -2.07. The second-order valence-corrected chi connectivity index (χ2v) is 3.42. The zero-order valence-electron chi connectivity index (χ0n) is 8.92. The number of nitrogens with zero attached hydrogens (tertiary/aromatic N) is 1. The summed E-state index contributed by atoms with van der Waals surface area (Å²) in [5, 5.41) is 2.93. The Kier molecular flexibility index (Phi) is 12.2. The monoisotopic (exact) mass is 174 g/mol. The maximum absolute atomic E-state index is 9.91. The summed E-state index contributed by atoms with van der Waals surface area (Å²) in [6.07, 6.45) is 0.817. The highest BCUT2D eigenvalue weighted by atomic mass is 16.1. The van der Waals surface area contributed by atoms with Crippen molar-refractivity contribution in [2.45, 2.75) is 20.8 Å². The van der Waals surface area contributed by atoms with Gasteiger partial charge in [-0.25, -0.2) is 0 Å². The molecule has 12 heavy (non-hydrogen) atoms. The SMILES string of the molecule is CC(C)C.CNCCN(C)C=O. The summed E-state index contributed by atoms with van der Waals surface area (Å²) in [6.45, 7) is 8.13. The summed E-state index contributed by atoms with van der Waals surface area (Å²) in [6, 6.07) is 0. The van der Waals surface area contributed by atoms with E-state index in [9.17, 15) is 4.79 Å². The molecule has 0 aliphatic heterocycles. The molecule has 0 aliphatic carbocycles. The molecule has 0 aliphatic rings. The Hall–Kier alpha value is -0.570. The van der Waals surface area contributed by atoms with Crippen LogP contribution in [0.4, 0.5) is 0 Å². The molecular formula is C9H22N2O. The molecule has 3 heteroatoms. The van der Waals surface area contributed by atoms with Crippen molar-refractivity contribution in [3.8, 4) is 0 Å². The largest absolute Gasteiger partial charge is 0.347 e. The van der Waals surface area contributed by atoms with Gasteiger partial charge in [0, 0.05) is 20.1 Å². The van der Waals surface area contributed by atoms with E-state index in [1.165, 1.54) is 0 Å². The normalized spacial score (nSPS) is 8.83. The van der Waals surface area contributed by atoms with Gasteiger partial charge in [-0.3, -0.25) is 4.79 Å². The summed E-state index contributed by atoms with van der Waals surface area (Å²) in [5.41, 5.74) is 0. The summed E-state index contributed by atoms with van der Waals surface area (Å²) >= 11 is 0. The number of likely N-dealkylation sites (N-methyl/N-ethyl adjacent to an activating group) is 2. The van der Waals surface area contributed by atoms with Gasteiger partial charge in [0.2, 0.25) is 6.41 Å². The minimum atomic E-state index is 0.778. The molecule has 0 aromatic rings. The highest BCUT2D eigenvalue weighted by Crippen LogP contribution is 1.81. The van der Waals surface area contributed by atoms with Gasteiger partial charge in [0.15, 0.2) is 0 Å². The Morgan fingerprint density at radius 3 is 2.08 bits per heavy atom. The van der Waals surface area contributed by atoms with Crippen molar-refractivity contribution in [3.63, 3.8) is 0 Å². The Balaban J connectivity index is 0. The first-order valence-electron chi connectivity index (χ1n) is 4.34. The maximum atomic E-state index is 9.91. The lowest BCUT2D eigenvalue weighted by molar-refractivity contribution is -0.116. The van der Waals surface area contributed by atoms with Crippen LogP contribution in [-0.2, 0) is 4.79 Å². The Bertz CT molecular complexity index is 91.8. The molecule has 1 N–H and O–H groups in total. The topological polar surface area (TPSA) is 32.3 Å². The van der Waals surface area contributed by atoms with Gasteiger partial charge in [-0.15, -0.1) is 0 Å². The van der Waals surface area contributed by atoms with Gasteiger partial charge in [0.25, 0.3) is 0 Å². The maximum Gasteiger partial charge on any atom is 0.209 e. The van der Waals surface area contributed by atoms with Crippen molar-refractivity contribution in [2.24, 2.45) is 5.92 Å². The molecule has 0 atom stereocenters. The highest BCUT2D eigenvalue weighted by Gasteiger charge is 1.87. The molecule has 1 amide bonds. The smallest absolute Gasteiger partial charge is 0.209 e. The van der Waals surface area contributed by atoms with Gasteiger partial charge in [0.1, 0.15) is 0 Å². The van der Waals surface area contributed by atoms with Gasteiger partial charge in [-0.1, -0.05) is 20.8 Å². The molecule has 0 heterocycles. The average Bonchev–Trinajstić information content (AvgIpc) is 1.99. The second kappa shape index (κ2) is 10.4. The van der Waals surface area contributed by atoms with Crippen LogP contribution in [-0.4, -0.2) is 38.5 Å². The fraction of sp³-hybridized carbons (Fsp3) is 0.889. The Labute approximate surface area is 76.1 Å². The third-order valence-electron chi connectivity index (χ3n) is 0.894. The summed E-state index contributed by atoms with van der Waals surface area (Å²) < 4.78 is 0. The van der Waals surface area contributed by atoms with Gasteiger partial charge in [-0.2, -0.15) is 0 Å². The molecule has 0 saturated carbocycles. The van der Waals surface area contributed by atoms with Gasteiger partial charge in [-0.05, 0) is 13.0 Å². The lowest BCUT2D eigenvalue weighted by Crippen LogP contribution is -2.25. The van der Waals surface area contributed by atoms with Gasteiger partial charge in [0.05, 0.1) is 0 Å². The van der Waals surface area contributed by atoms with Crippen LogP contribution in [0.2, 0.25) is 0 Å². The first kappa shape index (κ1) is 14.0. The van der Waals surface area contributed by atoms with E-state index in [4.69, 9.17) is 0 Å². The lowest BCUT2D eigenvalue weighted by atomic mass is 10.3. The molecule has 0 spiro atoms. The molecule has 0 radical (unpaired) electrons. The van der Waals surface area contributed by atoms with Crippen LogP contribution >= 0.6 is 0 Å². The summed E-state index contributed by atoms with van der Waals surface area (Å²) in [4.78, 5) is 11.5. The van der Waals surface area contributed by atoms with Crippen molar-refractivity contribution in [2.75, 3.05) is 27.2 Å². The van der Waals surface area contributed by atoms with Crippen molar-refractivity contribution in [3.05, 3.63) is 0 Å². The number of rotatable bonds is 4. The van der Waals surface area contributed by atoms with E-state index in [0.29, 0.717) is 0 Å². The molecule has 0 bridgehead atoms. The molecule has 74 valence electrons. The van der Waals surface area contributed by atoms with Crippen LogP contribution in [0.25, 0.3) is 0 Å². The number of nitrogens with one attached hydrogen (secondary N) is 1. The van der Waals surface area contributed by atoms with Crippen LogP contribution in [0.3, 0.4) is 0 Å². The van der Waals surface area contributed by atoms with Crippen LogP contribution in [0, 0.1) is 5.92 Å². The summed E-state index contributed by atoms with van der Waals surface area (Å²) in [7, 11) is 3.61. The fourth-order valence-electron chi connectivity index (χ4n) is 0.341. The van der Waals surface area contributed by atoms with Crippen molar-refractivity contribution >= 4 is 6.41 Å².